The summed E-state index contributed by atoms with van der Waals surface area (Å²) < 4.78 is 0. The average molecular weight is 540 g/mol. The van der Waals surface area contributed by atoms with E-state index in [0.717, 1.165) is 5.56 Å². The van der Waals surface area contributed by atoms with Crippen LogP contribution in [0.1, 0.15) is 36.9 Å². The molecule has 13 nitrogen and oxygen atoms in total. The first-order chi connectivity index (χ1) is 18.8. The number of likely N-dealkylation sites (tertiary alicyclic amines) is 1. The number of imidazole rings is 1. The topological polar surface area (TPSA) is 215 Å². The minimum atomic E-state index is -0.963. The van der Waals surface area contributed by atoms with E-state index in [0.29, 0.717) is 50.8 Å². The molecule has 0 spiro atoms. The molecule has 1 aromatic heterocycles. The first-order valence-electron chi connectivity index (χ1n) is 13.0. The lowest BCUT2D eigenvalue weighted by molar-refractivity contribution is -0.140. The lowest BCUT2D eigenvalue weighted by atomic mass is 10.0. The van der Waals surface area contributed by atoms with Gasteiger partial charge in [0.15, 0.2) is 5.96 Å². The fraction of sp³-hybridized carbons (Fsp3) is 0.462. The number of H-pyrrole nitrogens is 1. The Morgan fingerprint density at radius 3 is 2.62 bits per heavy atom. The zero-order chi connectivity index (χ0) is 28.2. The Kier molecular flexibility index (Phi) is 11.0. The predicted octanol–water partition coefficient (Wildman–Crippen LogP) is -1.26. The van der Waals surface area contributed by atoms with Crippen LogP contribution in [0.4, 0.5) is 0 Å². The Morgan fingerprint density at radius 2 is 1.95 bits per heavy atom. The van der Waals surface area contributed by atoms with Crippen molar-refractivity contribution in [2.75, 3.05) is 13.1 Å². The van der Waals surface area contributed by atoms with E-state index in [-0.39, 0.29) is 24.7 Å². The number of aliphatic imine (C=N–C) groups is 1. The van der Waals surface area contributed by atoms with Crippen molar-refractivity contribution in [3.05, 3.63) is 54.1 Å². The maximum absolute atomic E-state index is 13.4. The van der Waals surface area contributed by atoms with E-state index in [9.17, 15) is 19.2 Å². The van der Waals surface area contributed by atoms with E-state index in [4.69, 9.17) is 17.2 Å². The number of aromatic amines is 1. The van der Waals surface area contributed by atoms with Crippen molar-refractivity contribution >= 4 is 30.0 Å². The fourth-order valence-corrected chi connectivity index (χ4v) is 4.54. The van der Waals surface area contributed by atoms with Crippen molar-refractivity contribution in [3.8, 4) is 0 Å². The first-order valence-corrected chi connectivity index (χ1v) is 13.0. The highest BCUT2D eigenvalue weighted by molar-refractivity contribution is 5.94. The quantitative estimate of drug-likeness (QED) is 0.0735. The standard InChI is InChI=1S/C26H37N9O4/c27-20(8-4-10-31-26(28)29)25(39)35-11-5-9-22(35)24(38)34-21(12-17-6-2-1-3-7-17)23(37)33-19(15-36)13-18-14-30-16-32-18/h1-3,6-7,14-16,19-22H,4-5,8-13,27H2,(H,30,32)(H,33,37)(H,34,38)(H4,28,29,31). The van der Waals surface area contributed by atoms with E-state index >= 15 is 0 Å². The number of amides is 3. The van der Waals surface area contributed by atoms with Gasteiger partial charge in [0.2, 0.25) is 17.7 Å². The molecule has 1 aromatic carbocycles. The largest absolute Gasteiger partial charge is 0.370 e. The number of nitrogens with zero attached hydrogens (tertiary/aromatic N) is 3. The molecule has 3 rings (SSSR count). The van der Waals surface area contributed by atoms with Gasteiger partial charge in [-0.1, -0.05) is 30.3 Å². The molecule has 1 fully saturated rings. The first kappa shape index (κ1) is 29.3. The Labute approximate surface area is 227 Å². The van der Waals surface area contributed by atoms with E-state index in [1.807, 2.05) is 30.3 Å². The van der Waals surface area contributed by atoms with Crippen LogP contribution in [0.25, 0.3) is 0 Å². The van der Waals surface area contributed by atoms with Gasteiger partial charge in [-0.15, -0.1) is 0 Å². The molecule has 39 heavy (non-hydrogen) atoms. The molecule has 0 radical (unpaired) electrons. The van der Waals surface area contributed by atoms with Crippen molar-refractivity contribution in [1.82, 2.24) is 25.5 Å². The summed E-state index contributed by atoms with van der Waals surface area (Å²) in [5.41, 5.74) is 18.3. The Hall–Kier alpha value is -4.26. The van der Waals surface area contributed by atoms with Crippen LogP contribution in [-0.2, 0) is 32.0 Å². The number of carbonyl (C=O) groups excluding carboxylic acids is 4. The molecular formula is C26H37N9O4. The van der Waals surface area contributed by atoms with Crippen molar-refractivity contribution in [2.24, 2.45) is 22.2 Å². The van der Waals surface area contributed by atoms with Crippen molar-refractivity contribution in [1.29, 1.82) is 0 Å². The second kappa shape index (κ2) is 14.6. The molecule has 9 N–H and O–H groups in total. The molecule has 1 aliphatic heterocycles. The van der Waals surface area contributed by atoms with Crippen LogP contribution in [-0.4, -0.2) is 82.1 Å². The number of benzene rings is 1. The number of aldehydes is 1. The molecule has 4 unspecified atom stereocenters. The van der Waals surface area contributed by atoms with Gasteiger partial charge < -0.3 is 42.5 Å². The number of hydrogen-bond donors (Lipinski definition) is 6. The summed E-state index contributed by atoms with van der Waals surface area (Å²) in [5.74, 6) is -1.31. The number of guanidine groups is 1. The van der Waals surface area contributed by atoms with Crippen LogP contribution in [0.5, 0.6) is 0 Å². The van der Waals surface area contributed by atoms with Gasteiger partial charge >= 0.3 is 0 Å². The predicted molar refractivity (Wildman–Crippen MR) is 145 cm³/mol. The maximum atomic E-state index is 13.4. The van der Waals surface area contributed by atoms with Crippen LogP contribution in [0, 0.1) is 0 Å². The highest BCUT2D eigenvalue weighted by atomic mass is 16.2. The number of aromatic nitrogens is 2. The average Bonchev–Trinajstić information content (AvgIpc) is 3.62. The number of carbonyl (C=O) groups is 4. The number of rotatable bonds is 14. The van der Waals surface area contributed by atoms with Gasteiger partial charge in [-0.3, -0.25) is 19.4 Å². The zero-order valence-electron chi connectivity index (χ0n) is 21.8. The molecule has 210 valence electrons. The van der Waals surface area contributed by atoms with Gasteiger partial charge in [0.25, 0.3) is 0 Å². The van der Waals surface area contributed by atoms with Gasteiger partial charge in [-0.25, -0.2) is 4.98 Å². The normalized spacial score (nSPS) is 17.1. The molecule has 0 bridgehead atoms. The summed E-state index contributed by atoms with van der Waals surface area (Å²) in [6, 6.07) is 5.90. The maximum Gasteiger partial charge on any atom is 0.243 e. The number of hydrogen-bond acceptors (Lipinski definition) is 7. The lowest BCUT2D eigenvalue weighted by Crippen LogP contribution is -2.56. The van der Waals surface area contributed by atoms with Crippen molar-refractivity contribution in [2.45, 2.75) is 62.7 Å². The van der Waals surface area contributed by atoms with E-state index in [1.165, 1.54) is 11.2 Å². The minimum absolute atomic E-state index is 0.0268. The molecule has 13 heteroatoms. The third kappa shape index (κ3) is 8.92. The molecule has 0 saturated carbocycles. The third-order valence-electron chi connectivity index (χ3n) is 6.53. The number of nitrogens with one attached hydrogen (secondary N) is 3. The molecule has 1 aliphatic rings. The molecule has 0 aliphatic carbocycles. The van der Waals surface area contributed by atoms with E-state index < -0.39 is 36.0 Å². The summed E-state index contributed by atoms with van der Waals surface area (Å²) in [7, 11) is 0. The van der Waals surface area contributed by atoms with Crippen LogP contribution in [0.15, 0.2) is 47.8 Å². The molecular weight excluding hydrogens is 502 g/mol. The van der Waals surface area contributed by atoms with Crippen LogP contribution in [0.2, 0.25) is 0 Å². The number of nitrogens with two attached hydrogens (primary N) is 3. The second-order valence-corrected chi connectivity index (χ2v) is 9.53. The molecule has 1 saturated heterocycles. The van der Waals surface area contributed by atoms with Crippen molar-refractivity contribution in [3.63, 3.8) is 0 Å². The SMILES string of the molecule is NC(N)=NCCCC(N)C(=O)N1CCCC1C(=O)NC(Cc1ccccc1)C(=O)NC(C=O)Cc1cnc[nH]1. The molecule has 2 aromatic rings. The molecule has 2 heterocycles. The third-order valence-corrected chi connectivity index (χ3v) is 6.53. The van der Waals surface area contributed by atoms with Gasteiger partial charge in [0.1, 0.15) is 18.4 Å². The van der Waals surface area contributed by atoms with Gasteiger partial charge in [-0.2, -0.15) is 0 Å². The van der Waals surface area contributed by atoms with E-state index in [2.05, 4.69) is 25.6 Å². The summed E-state index contributed by atoms with van der Waals surface area (Å²) >= 11 is 0. The molecule has 4 atom stereocenters. The van der Waals surface area contributed by atoms with E-state index in [1.54, 1.807) is 6.20 Å². The Morgan fingerprint density at radius 1 is 1.18 bits per heavy atom. The van der Waals surface area contributed by atoms with Crippen LogP contribution >= 0.6 is 0 Å². The molecule has 3 amide bonds. The van der Waals surface area contributed by atoms with Gasteiger partial charge in [0.05, 0.1) is 18.4 Å². The Bertz CT molecular complexity index is 1120. The Balaban J connectivity index is 1.67. The second-order valence-electron chi connectivity index (χ2n) is 9.53. The summed E-state index contributed by atoms with van der Waals surface area (Å²) in [4.78, 5) is 63.6. The van der Waals surface area contributed by atoms with Crippen LogP contribution < -0.4 is 27.8 Å². The summed E-state index contributed by atoms with van der Waals surface area (Å²) in [5, 5.41) is 5.53. The van der Waals surface area contributed by atoms with Gasteiger partial charge in [-0.05, 0) is 31.2 Å². The fourth-order valence-electron chi connectivity index (χ4n) is 4.54. The van der Waals surface area contributed by atoms with Crippen molar-refractivity contribution < 1.29 is 19.2 Å². The highest BCUT2D eigenvalue weighted by Gasteiger charge is 2.37. The summed E-state index contributed by atoms with van der Waals surface area (Å²) in [6.45, 7) is 0.747. The smallest absolute Gasteiger partial charge is 0.243 e. The monoisotopic (exact) mass is 539 g/mol. The lowest BCUT2D eigenvalue weighted by Gasteiger charge is -2.28. The van der Waals surface area contributed by atoms with Gasteiger partial charge in [0, 0.05) is 37.8 Å². The van der Waals surface area contributed by atoms with Crippen LogP contribution in [0.3, 0.4) is 0 Å². The summed E-state index contributed by atoms with van der Waals surface area (Å²) in [6.07, 6.45) is 6.11. The zero-order valence-corrected chi connectivity index (χ0v) is 21.8. The highest BCUT2D eigenvalue weighted by Crippen LogP contribution is 2.20. The minimum Gasteiger partial charge on any atom is -0.370 e.